The maximum atomic E-state index is 11.9. The summed E-state index contributed by atoms with van der Waals surface area (Å²) in [6.45, 7) is 3.70. The van der Waals surface area contributed by atoms with Gasteiger partial charge in [-0.1, -0.05) is 44.2 Å². The second-order valence-electron chi connectivity index (χ2n) is 5.53. The number of aliphatic hydroxyl groups excluding tert-OH is 1. The average Bonchev–Trinajstić information content (AvgIpc) is 2.46. The lowest BCUT2D eigenvalue weighted by molar-refractivity contribution is -0.142. The van der Waals surface area contributed by atoms with Crippen LogP contribution in [-0.4, -0.2) is 28.1 Å². The Balaban J connectivity index is 2.77. The molecule has 0 heterocycles. The van der Waals surface area contributed by atoms with Crippen molar-refractivity contribution in [3.05, 3.63) is 47.4 Å². The third-order valence-corrected chi connectivity index (χ3v) is 3.07. The predicted molar refractivity (Wildman–Crippen MR) is 83.0 cm³/mol. The first-order chi connectivity index (χ1) is 10.3. The summed E-state index contributed by atoms with van der Waals surface area (Å²) < 4.78 is 0. The largest absolute Gasteiger partial charge is 0.502 e. The van der Waals surface area contributed by atoms with Crippen molar-refractivity contribution in [3.8, 4) is 0 Å². The van der Waals surface area contributed by atoms with E-state index in [0.717, 1.165) is 5.56 Å². The summed E-state index contributed by atoms with van der Waals surface area (Å²) in [7, 11) is 0. The monoisotopic (exact) mass is 306 g/mol. The molecule has 1 atom stereocenters. The second kappa shape index (κ2) is 8.07. The quantitative estimate of drug-likeness (QED) is 0.451. The molecule has 0 aliphatic heterocycles. The highest BCUT2D eigenvalue weighted by Crippen LogP contribution is 2.09. The lowest BCUT2D eigenvalue weighted by Gasteiger charge is -2.16. The van der Waals surface area contributed by atoms with Crippen LogP contribution in [0.2, 0.25) is 0 Å². The van der Waals surface area contributed by atoms with Crippen LogP contribution in [-0.2, 0) is 16.0 Å². The van der Waals surface area contributed by atoms with E-state index in [1.165, 1.54) is 0 Å². The van der Waals surface area contributed by atoms with Crippen LogP contribution in [0.15, 0.2) is 41.8 Å². The molecule has 0 saturated heterocycles. The highest BCUT2D eigenvalue weighted by Gasteiger charge is 2.23. The number of hydrogen-bond donors (Lipinski definition) is 4. The fraction of sp³-hybridized carbons (Fsp3) is 0.375. The van der Waals surface area contributed by atoms with Gasteiger partial charge in [-0.15, -0.1) is 0 Å². The minimum atomic E-state index is -1.14. The number of nitrogens with one attached hydrogen (secondary N) is 1. The van der Waals surface area contributed by atoms with Crippen molar-refractivity contribution in [1.29, 1.82) is 0 Å². The molecule has 0 fully saturated rings. The van der Waals surface area contributed by atoms with Crippen molar-refractivity contribution in [2.75, 3.05) is 0 Å². The summed E-state index contributed by atoms with van der Waals surface area (Å²) in [4.78, 5) is 23.0. The second-order valence-corrected chi connectivity index (χ2v) is 5.53. The molecule has 0 aromatic heterocycles. The van der Waals surface area contributed by atoms with E-state index in [1.807, 2.05) is 44.2 Å². The van der Waals surface area contributed by atoms with Gasteiger partial charge in [0.2, 0.25) is 5.76 Å². The van der Waals surface area contributed by atoms with Gasteiger partial charge >= 0.3 is 5.97 Å². The van der Waals surface area contributed by atoms with E-state index in [-0.39, 0.29) is 24.5 Å². The van der Waals surface area contributed by atoms with Crippen molar-refractivity contribution in [3.63, 3.8) is 0 Å². The fourth-order valence-corrected chi connectivity index (χ4v) is 1.96. The predicted octanol–water partition coefficient (Wildman–Crippen LogP) is 1.57. The zero-order valence-corrected chi connectivity index (χ0v) is 12.7. The van der Waals surface area contributed by atoms with Gasteiger partial charge in [-0.3, -0.25) is 4.79 Å². The Morgan fingerprint density at radius 1 is 1.18 bits per heavy atom. The number of carbonyl (C=O) groups excluding carboxylic acids is 1. The van der Waals surface area contributed by atoms with Crippen LogP contribution >= 0.6 is 0 Å². The van der Waals surface area contributed by atoms with Gasteiger partial charge in [0.25, 0.3) is 5.91 Å². The van der Waals surface area contributed by atoms with Crippen LogP contribution in [0.3, 0.4) is 0 Å². The Bertz CT molecular complexity index is 553. The third kappa shape index (κ3) is 5.47. The average molecular weight is 306 g/mol. The molecule has 1 rings (SSSR count). The van der Waals surface area contributed by atoms with Gasteiger partial charge in [0, 0.05) is 6.42 Å². The molecule has 0 radical (unpaired) electrons. The molecule has 0 unspecified atom stereocenters. The number of carboxylic acids is 1. The van der Waals surface area contributed by atoms with Crippen molar-refractivity contribution < 1.29 is 19.8 Å². The smallest absolute Gasteiger partial charge is 0.326 e. The van der Waals surface area contributed by atoms with Gasteiger partial charge in [0.1, 0.15) is 6.04 Å². The van der Waals surface area contributed by atoms with Crippen LogP contribution in [0.5, 0.6) is 0 Å². The standard InChI is InChI=1S/C16H22N2O4/c1-10(2)8-13(16(21)22)18-15(20)14(19)12(17)9-11-6-4-3-5-7-11/h3-7,10,13,19H,8-9,17H2,1-2H3,(H,18,20)(H,21,22)/t13-/m1/s1. The number of carbonyl (C=O) groups is 2. The van der Waals surface area contributed by atoms with E-state index >= 15 is 0 Å². The number of hydrogen-bond acceptors (Lipinski definition) is 4. The van der Waals surface area contributed by atoms with Gasteiger partial charge in [0.05, 0.1) is 5.70 Å². The first-order valence-electron chi connectivity index (χ1n) is 7.06. The number of carboxylic acid groups (broad SMARTS) is 1. The van der Waals surface area contributed by atoms with Crippen molar-refractivity contribution >= 4 is 11.9 Å². The molecule has 22 heavy (non-hydrogen) atoms. The molecular weight excluding hydrogens is 284 g/mol. The highest BCUT2D eigenvalue weighted by molar-refractivity contribution is 5.94. The molecule has 0 spiro atoms. The van der Waals surface area contributed by atoms with Crippen LogP contribution in [0, 0.1) is 5.92 Å². The number of rotatable bonds is 7. The maximum absolute atomic E-state index is 11.9. The van der Waals surface area contributed by atoms with E-state index in [1.54, 1.807) is 0 Å². The van der Waals surface area contributed by atoms with Gasteiger partial charge in [-0.25, -0.2) is 4.79 Å². The summed E-state index contributed by atoms with van der Waals surface area (Å²) in [6.07, 6.45) is 0.481. The molecular formula is C16H22N2O4. The molecule has 0 aliphatic carbocycles. The SMILES string of the molecule is CC(C)C[C@@H](NC(=O)C(O)=C(N)Cc1ccccc1)C(=O)O. The Labute approximate surface area is 129 Å². The van der Waals surface area contributed by atoms with Crippen LogP contribution < -0.4 is 11.1 Å². The van der Waals surface area contributed by atoms with E-state index < -0.39 is 23.7 Å². The first-order valence-corrected chi connectivity index (χ1v) is 7.06. The molecule has 6 nitrogen and oxygen atoms in total. The molecule has 1 amide bonds. The molecule has 6 heteroatoms. The van der Waals surface area contributed by atoms with Crippen molar-refractivity contribution in [1.82, 2.24) is 5.32 Å². The zero-order chi connectivity index (χ0) is 16.7. The van der Waals surface area contributed by atoms with E-state index in [9.17, 15) is 14.7 Å². The number of aliphatic hydroxyl groups is 1. The molecule has 0 aliphatic rings. The lowest BCUT2D eigenvalue weighted by atomic mass is 10.0. The Kier molecular flexibility index (Phi) is 6.44. The summed E-state index contributed by atoms with van der Waals surface area (Å²) in [6, 6.07) is 8.07. The van der Waals surface area contributed by atoms with Crippen LogP contribution in [0.4, 0.5) is 0 Å². The number of nitrogens with two attached hydrogens (primary N) is 1. The molecule has 1 aromatic carbocycles. The van der Waals surface area contributed by atoms with E-state index in [4.69, 9.17) is 10.8 Å². The Morgan fingerprint density at radius 3 is 2.27 bits per heavy atom. The lowest BCUT2D eigenvalue weighted by Crippen LogP contribution is -2.42. The topological polar surface area (TPSA) is 113 Å². The third-order valence-electron chi connectivity index (χ3n) is 3.07. The van der Waals surface area contributed by atoms with E-state index in [0.29, 0.717) is 0 Å². The van der Waals surface area contributed by atoms with Gasteiger partial charge in [0.15, 0.2) is 0 Å². The van der Waals surface area contributed by atoms with E-state index in [2.05, 4.69) is 5.32 Å². The molecule has 0 bridgehead atoms. The fourth-order valence-electron chi connectivity index (χ4n) is 1.96. The van der Waals surface area contributed by atoms with Gasteiger partial charge in [-0.05, 0) is 17.9 Å². The highest BCUT2D eigenvalue weighted by atomic mass is 16.4. The number of allylic oxidation sites excluding steroid dienone is 1. The van der Waals surface area contributed by atoms with Gasteiger partial charge in [-0.2, -0.15) is 0 Å². The summed E-state index contributed by atoms with van der Waals surface area (Å²) in [5.41, 5.74) is 6.57. The molecule has 0 saturated carbocycles. The maximum Gasteiger partial charge on any atom is 0.326 e. The first kappa shape index (κ1) is 17.6. The summed E-state index contributed by atoms with van der Waals surface area (Å²) in [5.74, 6) is -2.56. The zero-order valence-electron chi connectivity index (χ0n) is 12.7. The minimum Gasteiger partial charge on any atom is -0.502 e. The number of aliphatic carboxylic acids is 1. The normalized spacial score (nSPS) is 13.4. The Hall–Kier alpha value is -2.50. The van der Waals surface area contributed by atoms with Crippen LogP contribution in [0.25, 0.3) is 0 Å². The molecule has 1 aromatic rings. The number of benzene rings is 1. The minimum absolute atomic E-state index is 0.00242. The van der Waals surface area contributed by atoms with Crippen LogP contribution in [0.1, 0.15) is 25.8 Å². The summed E-state index contributed by atoms with van der Waals surface area (Å²) >= 11 is 0. The Morgan fingerprint density at radius 2 is 1.77 bits per heavy atom. The summed E-state index contributed by atoms with van der Waals surface area (Å²) in [5, 5.41) is 21.2. The van der Waals surface area contributed by atoms with Crippen molar-refractivity contribution in [2.24, 2.45) is 11.7 Å². The molecule has 5 N–H and O–H groups in total. The molecule has 120 valence electrons. The number of amides is 1. The van der Waals surface area contributed by atoms with Crippen molar-refractivity contribution in [2.45, 2.75) is 32.7 Å². The van der Waals surface area contributed by atoms with Gasteiger partial charge < -0.3 is 21.3 Å².